The molecule has 1 aliphatic heterocycles. The van der Waals surface area contributed by atoms with Crippen LogP contribution in [-0.4, -0.2) is 47.9 Å². The van der Waals surface area contributed by atoms with Gasteiger partial charge in [-0.05, 0) is 18.9 Å². The summed E-state index contributed by atoms with van der Waals surface area (Å²) in [5.74, 6) is 0.0339. The molecule has 0 bridgehead atoms. The molecule has 0 saturated carbocycles. The van der Waals surface area contributed by atoms with E-state index in [0.29, 0.717) is 6.04 Å². The summed E-state index contributed by atoms with van der Waals surface area (Å²) in [5, 5.41) is 0. The summed E-state index contributed by atoms with van der Waals surface area (Å²) in [6.07, 6.45) is 1.03. The minimum Gasteiger partial charge on any atom is -0.340 e. The number of benzene rings is 1. The summed E-state index contributed by atoms with van der Waals surface area (Å²) in [6, 6.07) is 10.3. The third-order valence-electron chi connectivity index (χ3n) is 3.78. The predicted molar refractivity (Wildman–Crippen MR) is 76.5 cm³/mol. The molecule has 1 saturated heterocycles. The lowest BCUT2D eigenvalue weighted by molar-refractivity contribution is -0.132. The molecule has 1 aromatic carbocycles. The molecule has 2 rings (SSSR count). The highest BCUT2D eigenvalue weighted by atomic mass is 16.2. The van der Waals surface area contributed by atoms with E-state index in [-0.39, 0.29) is 5.91 Å². The number of carbonyl (C=O) groups is 1. The molecule has 19 heavy (non-hydrogen) atoms. The molecule has 0 spiro atoms. The van der Waals surface area contributed by atoms with Crippen LogP contribution in [-0.2, 0) is 11.3 Å². The fraction of sp³-hybridized carbons (Fsp3) is 0.533. The van der Waals surface area contributed by atoms with Crippen LogP contribution >= 0.6 is 0 Å². The largest absolute Gasteiger partial charge is 0.340 e. The highest BCUT2D eigenvalue weighted by Gasteiger charge is 2.29. The first-order chi connectivity index (χ1) is 9.08. The monoisotopic (exact) mass is 261 g/mol. The van der Waals surface area contributed by atoms with E-state index >= 15 is 0 Å². The number of likely N-dealkylation sites (tertiary alicyclic amines) is 1. The lowest BCUT2D eigenvalue weighted by Crippen LogP contribution is -2.46. The van der Waals surface area contributed by atoms with E-state index in [2.05, 4.69) is 29.2 Å². The third kappa shape index (κ3) is 3.55. The number of likely N-dealkylation sites (N-methyl/N-ethyl adjacent to an activating group) is 1. The normalized spacial score (nSPS) is 21.3. The first kappa shape index (κ1) is 14.0. The van der Waals surface area contributed by atoms with Crippen molar-refractivity contribution in [2.75, 3.05) is 20.1 Å². The van der Waals surface area contributed by atoms with Crippen LogP contribution in [0, 0.1) is 0 Å². The van der Waals surface area contributed by atoms with E-state index in [0.717, 1.165) is 26.1 Å². The van der Waals surface area contributed by atoms with Gasteiger partial charge in [0.25, 0.3) is 0 Å². The van der Waals surface area contributed by atoms with Crippen LogP contribution in [0.4, 0.5) is 0 Å². The Morgan fingerprint density at radius 2 is 2.16 bits per heavy atom. The molecule has 4 nitrogen and oxygen atoms in total. The Kier molecular flexibility index (Phi) is 4.56. The van der Waals surface area contributed by atoms with Crippen molar-refractivity contribution in [2.24, 2.45) is 5.73 Å². The molecule has 2 atom stereocenters. The maximum absolute atomic E-state index is 11.9. The SMILES string of the molecule is C[C@H](N)C(=O)N(C)[C@@H]1CCN(Cc2ccccc2)C1. The molecule has 104 valence electrons. The quantitative estimate of drug-likeness (QED) is 0.882. The second-order valence-electron chi connectivity index (χ2n) is 5.40. The van der Waals surface area contributed by atoms with E-state index in [4.69, 9.17) is 5.73 Å². The second kappa shape index (κ2) is 6.17. The summed E-state index contributed by atoms with van der Waals surface area (Å²) in [7, 11) is 1.86. The van der Waals surface area contributed by atoms with E-state index < -0.39 is 6.04 Å². The van der Waals surface area contributed by atoms with E-state index in [1.807, 2.05) is 18.0 Å². The maximum atomic E-state index is 11.9. The molecule has 0 aromatic heterocycles. The van der Waals surface area contributed by atoms with Crippen LogP contribution < -0.4 is 5.73 Å². The molecule has 4 heteroatoms. The van der Waals surface area contributed by atoms with Gasteiger partial charge in [-0.15, -0.1) is 0 Å². The van der Waals surface area contributed by atoms with Crippen LogP contribution in [0.1, 0.15) is 18.9 Å². The fourth-order valence-electron chi connectivity index (χ4n) is 2.61. The Labute approximate surface area is 115 Å². The van der Waals surface area contributed by atoms with E-state index in [1.54, 1.807) is 6.92 Å². The number of rotatable bonds is 4. The minimum absolute atomic E-state index is 0.0339. The molecule has 0 unspecified atom stereocenters. The van der Waals surface area contributed by atoms with Crippen LogP contribution in [0.5, 0.6) is 0 Å². The number of amides is 1. The number of carbonyl (C=O) groups excluding carboxylic acids is 1. The standard InChI is InChI=1S/C15H23N3O/c1-12(16)15(19)17(2)14-8-9-18(11-14)10-13-6-4-3-5-7-13/h3-7,12,14H,8-11,16H2,1-2H3/t12-,14+/m0/s1. The van der Waals surface area contributed by atoms with Crippen molar-refractivity contribution < 1.29 is 4.79 Å². The van der Waals surface area contributed by atoms with Gasteiger partial charge >= 0.3 is 0 Å². The first-order valence-electron chi connectivity index (χ1n) is 6.86. The molecule has 1 aromatic rings. The highest BCUT2D eigenvalue weighted by molar-refractivity contribution is 5.81. The molecule has 2 N–H and O–H groups in total. The van der Waals surface area contributed by atoms with Crippen molar-refractivity contribution in [3.8, 4) is 0 Å². The molecule has 1 fully saturated rings. The Hall–Kier alpha value is -1.39. The first-order valence-corrected chi connectivity index (χ1v) is 6.86. The molecule has 0 aliphatic carbocycles. The van der Waals surface area contributed by atoms with Gasteiger partial charge in [0.2, 0.25) is 5.91 Å². The molecule has 1 amide bonds. The van der Waals surface area contributed by atoms with E-state index in [1.165, 1.54) is 5.56 Å². The van der Waals surface area contributed by atoms with Crippen LogP contribution in [0.3, 0.4) is 0 Å². The van der Waals surface area contributed by atoms with Gasteiger partial charge in [0.1, 0.15) is 0 Å². The maximum Gasteiger partial charge on any atom is 0.239 e. The van der Waals surface area contributed by atoms with Gasteiger partial charge in [-0.1, -0.05) is 30.3 Å². The molecule has 0 radical (unpaired) electrons. The smallest absolute Gasteiger partial charge is 0.239 e. The summed E-state index contributed by atoms with van der Waals surface area (Å²) in [4.78, 5) is 16.1. The molecular formula is C15H23N3O. The van der Waals surface area contributed by atoms with Gasteiger partial charge in [0.05, 0.1) is 6.04 Å². The van der Waals surface area contributed by atoms with Gasteiger partial charge in [-0.25, -0.2) is 0 Å². The fourth-order valence-corrected chi connectivity index (χ4v) is 2.61. The molecular weight excluding hydrogens is 238 g/mol. The average Bonchev–Trinajstić information content (AvgIpc) is 2.86. The number of hydrogen-bond donors (Lipinski definition) is 1. The Bertz CT molecular complexity index is 419. The number of hydrogen-bond acceptors (Lipinski definition) is 3. The van der Waals surface area contributed by atoms with Crippen molar-refractivity contribution >= 4 is 5.91 Å². The Balaban J connectivity index is 1.88. The topological polar surface area (TPSA) is 49.6 Å². The van der Waals surface area contributed by atoms with Crippen LogP contribution in [0.2, 0.25) is 0 Å². The third-order valence-corrected chi connectivity index (χ3v) is 3.78. The van der Waals surface area contributed by atoms with Gasteiger partial charge in [0.15, 0.2) is 0 Å². The van der Waals surface area contributed by atoms with E-state index in [9.17, 15) is 4.79 Å². The Morgan fingerprint density at radius 1 is 1.47 bits per heavy atom. The van der Waals surface area contributed by atoms with Crippen molar-refractivity contribution in [1.82, 2.24) is 9.80 Å². The summed E-state index contributed by atoms with van der Waals surface area (Å²) >= 11 is 0. The Morgan fingerprint density at radius 3 is 2.79 bits per heavy atom. The highest BCUT2D eigenvalue weighted by Crippen LogP contribution is 2.17. The summed E-state index contributed by atoms with van der Waals surface area (Å²) in [6.45, 7) is 4.67. The van der Waals surface area contributed by atoms with Gasteiger partial charge in [-0.3, -0.25) is 9.69 Å². The average molecular weight is 261 g/mol. The van der Waals surface area contributed by atoms with Crippen LogP contribution in [0.25, 0.3) is 0 Å². The van der Waals surface area contributed by atoms with Crippen molar-refractivity contribution in [2.45, 2.75) is 32.0 Å². The van der Waals surface area contributed by atoms with Crippen LogP contribution in [0.15, 0.2) is 30.3 Å². The van der Waals surface area contributed by atoms with Crippen molar-refractivity contribution in [1.29, 1.82) is 0 Å². The van der Waals surface area contributed by atoms with Crippen molar-refractivity contribution in [3.05, 3.63) is 35.9 Å². The summed E-state index contributed by atoms with van der Waals surface area (Å²) < 4.78 is 0. The number of nitrogens with zero attached hydrogens (tertiary/aromatic N) is 2. The molecule has 1 heterocycles. The van der Waals surface area contributed by atoms with Gasteiger partial charge < -0.3 is 10.6 Å². The lowest BCUT2D eigenvalue weighted by atomic mass is 10.2. The summed E-state index contributed by atoms with van der Waals surface area (Å²) in [5.41, 5.74) is 6.98. The van der Waals surface area contributed by atoms with Gasteiger partial charge in [0, 0.05) is 32.7 Å². The number of nitrogens with two attached hydrogens (primary N) is 1. The van der Waals surface area contributed by atoms with Gasteiger partial charge in [-0.2, -0.15) is 0 Å². The zero-order valence-corrected chi connectivity index (χ0v) is 11.7. The predicted octanol–water partition coefficient (Wildman–Crippen LogP) is 1.07. The van der Waals surface area contributed by atoms with Crippen molar-refractivity contribution in [3.63, 3.8) is 0 Å². The second-order valence-corrected chi connectivity index (χ2v) is 5.40. The zero-order chi connectivity index (χ0) is 13.8. The minimum atomic E-state index is -0.409. The lowest BCUT2D eigenvalue weighted by Gasteiger charge is -2.26. The molecule has 1 aliphatic rings. The zero-order valence-electron chi connectivity index (χ0n) is 11.7.